The topological polar surface area (TPSA) is 91.3 Å². The van der Waals surface area contributed by atoms with Gasteiger partial charge in [-0.05, 0) is 18.9 Å². The Morgan fingerprint density at radius 2 is 2.04 bits per heavy atom. The Labute approximate surface area is 166 Å². The molecular weight excluding hydrogens is 362 g/mol. The molecule has 0 bridgehead atoms. The summed E-state index contributed by atoms with van der Waals surface area (Å²) >= 11 is 0. The molecule has 1 aromatic rings. The van der Waals surface area contributed by atoms with Gasteiger partial charge in [0.15, 0.2) is 11.5 Å². The van der Waals surface area contributed by atoms with Gasteiger partial charge in [-0.25, -0.2) is 0 Å². The van der Waals surface area contributed by atoms with Crippen molar-refractivity contribution in [3.05, 3.63) is 17.7 Å². The summed E-state index contributed by atoms with van der Waals surface area (Å²) in [4.78, 5) is 27.8. The molecule has 2 aliphatic rings. The predicted molar refractivity (Wildman–Crippen MR) is 107 cm³/mol. The summed E-state index contributed by atoms with van der Waals surface area (Å²) in [6.07, 6.45) is 1.09. The lowest BCUT2D eigenvalue weighted by Crippen LogP contribution is -2.47. The van der Waals surface area contributed by atoms with Gasteiger partial charge in [0.2, 0.25) is 5.91 Å². The van der Waals surface area contributed by atoms with E-state index in [1.54, 1.807) is 36.0 Å². The van der Waals surface area contributed by atoms with Gasteiger partial charge in [0.25, 0.3) is 5.91 Å². The second kappa shape index (κ2) is 9.64. The van der Waals surface area contributed by atoms with Crippen LogP contribution in [0.4, 0.5) is 5.69 Å². The van der Waals surface area contributed by atoms with Crippen LogP contribution in [0.5, 0.6) is 11.5 Å². The summed E-state index contributed by atoms with van der Waals surface area (Å²) in [5.74, 6) is 0.627. The Hall–Kier alpha value is -2.48. The molecular formula is C20H31N3O5. The number of nitrogens with one attached hydrogen (secondary N) is 1. The minimum atomic E-state index is -0.783. The van der Waals surface area contributed by atoms with E-state index in [-0.39, 0.29) is 30.9 Å². The van der Waals surface area contributed by atoms with Crippen molar-refractivity contribution < 1.29 is 24.2 Å². The number of fused-ring (bicyclic) bond motifs is 2. The molecule has 0 radical (unpaired) electrons. The first kappa shape index (κ1) is 21.8. The van der Waals surface area contributed by atoms with Crippen molar-refractivity contribution in [2.45, 2.75) is 45.4 Å². The fourth-order valence-corrected chi connectivity index (χ4v) is 3.57. The van der Waals surface area contributed by atoms with E-state index in [4.69, 9.17) is 9.47 Å². The zero-order chi connectivity index (χ0) is 20.8. The Balaban J connectivity index is 0.00000136. The van der Waals surface area contributed by atoms with E-state index in [1.165, 1.54) is 7.11 Å². The minimum absolute atomic E-state index is 0.110. The molecule has 2 atom stereocenters. The van der Waals surface area contributed by atoms with Gasteiger partial charge >= 0.3 is 0 Å². The van der Waals surface area contributed by atoms with E-state index < -0.39 is 6.23 Å². The van der Waals surface area contributed by atoms with Crippen molar-refractivity contribution >= 4 is 17.5 Å². The average molecular weight is 393 g/mol. The van der Waals surface area contributed by atoms with Gasteiger partial charge in [0, 0.05) is 26.7 Å². The highest BCUT2D eigenvalue weighted by Crippen LogP contribution is 2.40. The third-order valence-electron chi connectivity index (χ3n) is 5.06. The molecule has 156 valence electrons. The van der Waals surface area contributed by atoms with Gasteiger partial charge < -0.3 is 29.7 Å². The maximum atomic E-state index is 13.0. The number of aliphatic hydroxyl groups excluding tert-OH is 1. The third-order valence-corrected chi connectivity index (χ3v) is 5.06. The Kier molecular flexibility index (Phi) is 7.51. The Morgan fingerprint density at radius 1 is 1.32 bits per heavy atom. The van der Waals surface area contributed by atoms with Crippen molar-refractivity contribution in [2.75, 3.05) is 39.3 Å². The smallest absolute Gasteiger partial charge is 0.256 e. The Morgan fingerprint density at radius 3 is 2.68 bits per heavy atom. The number of carbonyl (C=O) groups excluding carboxylic acids is 2. The summed E-state index contributed by atoms with van der Waals surface area (Å²) in [6.45, 7) is 4.82. The second-order valence-corrected chi connectivity index (χ2v) is 6.52. The fraction of sp³-hybridized carbons (Fsp3) is 0.600. The number of rotatable bonds is 5. The normalized spacial score (nSPS) is 20.4. The van der Waals surface area contributed by atoms with Gasteiger partial charge in [0.1, 0.15) is 6.23 Å². The van der Waals surface area contributed by atoms with Crippen molar-refractivity contribution in [1.82, 2.24) is 10.2 Å². The molecule has 2 amide bonds. The number of likely N-dealkylation sites (N-methyl/N-ethyl adjacent to an activating group) is 1. The summed E-state index contributed by atoms with van der Waals surface area (Å²) in [6, 6.07) is 3.13. The highest BCUT2D eigenvalue weighted by molar-refractivity contribution is 6.02. The molecule has 0 aliphatic carbocycles. The SMILES string of the molecule is CC.CNC(=O)CCOc1cc2c(cc1OC)C(=O)N1CCC[C@H]1C(O)N2C. The van der Waals surface area contributed by atoms with Crippen LogP contribution in [-0.4, -0.2) is 68.4 Å². The zero-order valence-electron chi connectivity index (χ0n) is 17.3. The van der Waals surface area contributed by atoms with Crippen molar-refractivity contribution in [2.24, 2.45) is 0 Å². The summed E-state index contributed by atoms with van der Waals surface area (Å²) < 4.78 is 11.1. The number of anilines is 1. The molecule has 1 aromatic carbocycles. The number of aliphatic hydroxyl groups is 1. The molecule has 8 heteroatoms. The average Bonchev–Trinajstić information content (AvgIpc) is 3.20. The predicted octanol–water partition coefficient (Wildman–Crippen LogP) is 1.61. The van der Waals surface area contributed by atoms with Crippen LogP contribution in [0.1, 0.15) is 43.5 Å². The lowest BCUT2D eigenvalue weighted by molar-refractivity contribution is -0.121. The molecule has 2 aliphatic heterocycles. The van der Waals surface area contributed by atoms with Gasteiger partial charge in [-0.3, -0.25) is 9.59 Å². The quantitative estimate of drug-likeness (QED) is 0.790. The monoisotopic (exact) mass is 393 g/mol. The number of nitrogens with zero attached hydrogens (tertiary/aromatic N) is 2. The van der Waals surface area contributed by atoms with Crippen LogP contribution in [0, 0.1) is 0 Å². The van der Waals surface area contributed by atoms with Crippen LogP contribution in [0.2, 0.25) is 0 Å². The highest BCUT2D eigenvalue weighted by atomic mass is 16.5. The number of carbonyl (C=O) groups is 2. The van der Waals surface area contributed by atoms with E-state index in [1.807, 2.05) is 13.8 Å². The second-order valence-electron chi connectivity index (χ2n) is 6.52. The van der Waals surface area contributed by atoms with E-state index >= 15 is 0 Å². The molecule has 28 heavy (non-hydrogen) atoms. The summed E-state index contributed by atoms with van der Waals surface area (Å²) in [5, 5.41) is 13.2. The van der Waals surface area contributed by atoms with Crippen LogP contribution < -0.4 is 19.7 Å². The molecule has 8 nitrogen and oxygen atoms in total. The molecule has 2 heterocycles. The first-order valence-corrected chi connectivity index (χ1v) is 9.75. The van der Waals surface area contributed by atoms with Crippen LogP contribution in [0.15, 0.2) is 12.1 Å². The van der Waals surface area contributed by atoms with E-state index in [2.05, 4.69) is 5.32 Å². The van der Waals surface area contributed by atoms with Crippen molar-refractivity contribution in [3.8, 4) is 11.5 Å². The van der Waals surface area contributed by atoms with Crippen molar-refractivity contribution in [3.63, 3.8) is 0 Å². The van der Waals surface area contributed by atoms with Crippen LogP contribution in [0.25, 0.3) is 0 Å². The maximum Gasteiger partial charge on any atom is 0.256 e. The van der Waals surface area contributed by atoms with E-state index in [0.29, 0.717) is 29.3 Å². The molecule has 1 saturated heterocycles. The molecule has 1 fully saturated rings. The number of hydrogen-bond acceptors (Lipinski definition) is 6. The standard InChI is InChI=1S/C18H25N3O5.C2H6/c1-19-16(22)6-8-26-15-10-13-11(9-14(15)25-3)17(23)21-7-4-5-12(21)18(24)20(13)2;1-2/h9-10,12,18,24H,4-8H2,1-3H3,(H,19,22);1-2H3/t12-,18?;/m0./s1. The molecule has 0 aromatic heterocycles. The van der Waals surface area contributed by atoms with Crippen LogP contribution >= 0.6 is 0 Å². The maximum absolute atomic E-state index is 13.0. The number of hydrogen-bond donors (Lipinski definition) is 2. The molecule has 3 rings (SSSR count). The first-order valence-electron chi connectivity index (χ1n) is 9.75. The lowest BCUT2D eigenvalue weighted by atomic mass is 10.1. The van der Waals surface area contributed by atoms with Gasteiger partial charge in [-0.1, -0.05) is 13.8 Å². The molecule has 0 spiro atoms. The van der Waals surface area contributed by atoms with E-state index in [0.717, 1.165) is 12.8 Å². The number of benzene rings is 1. The minimum Gasteiger partial charge on any atom is -0.493 e. The Bertz CT molecular complexity index is 709. The highest BCUT2D eigenvalue weighted by Gasteiger charge is 2.41. The van der Waals surface area contributed by atoms with E-state index in [9.17, 15) is 14.7 Å². The first-order chi connectivity index (χ1) is 13.5. The number of methoxy groups -OCH3 is 1. The van der Waals surface area contributed by atoms with Crippen molar-refractivity contribution in [1.29, 1.82) is 0 Å². The summed E-state index contributed by atoms with van der Waals surface area (Å²) in [7, 11) is 4.84. The van der Waals surface area contributed by atoms with Crippen LogP contribution in [-0.2, 0) is 4.79 Å². The lowest BCUT2D eigenvalue weighted by Gasteiger charge is -2.31. The summed E-state index contributed by atoms with van der Waals surface area (Å²) in [5.41, 5.74) is 1.07. The fourth-order valence-electron chi connectivity index (χ4n) is 3.57. The number of ether oxygens (including phenoxy) is 2. The van der Waals surface area contributed by atoms with Gasteiger partial charge in [-0.2, -0.15) is 0 Å². The van der Waals surface area contributed by atoms with Gasteiger partial charge in [0.05, 0.1) is 37.4 Å². The molecule has 0 saturated carbocycles. The largest absolute Gasteiger partial charge is 0.493 e. The van der Waals surface area contributed by atoms with Gasteiger partial charge in [-0.15, -0.1) is 0 Å². The van der Waals surface area contributed by atoms with Crippen LogP contribution in [0.3, 0.4) is 0 Å². The molecule has 2 N–H and O–H groups in total. The third kappa shape index (κ3) is 4.16. The number of amides is 2. The zero-order valence-corrected chi connectivity index (χ0v) is 17.3. The molecule has 1 unspecified atom stereocenters.